The fourth-order valence-corrected chi connectivity index (χ4v) is 2.06. The number of nitrogens with one attached hydrogen (secondary N) is 1. The molecule has 0 aromatic heterocycles. The molecule has 0 aliphatic carbocycles. The molecule has 0 spiro atoms. The van der Waals surface area contributed by atoms with Crippen LogP contribution in [0.4, 0.5) is 0 Å². The van der Waals surface area contributed by atoms with Crippen LogP contribution in [0.15, 0.2) is 48.5 Å². The molecular formula is C16H16ClNO2. The highest BCUT2D eigenvalue weighted by molar-refractivity contribution is 6.31. The summed E-state index contributed by atoms with van der Waals surface area (Å²) >= 11 is 6.03. The van der Waals surface area contributed by atoms with E-state index in [2.05, 4.69) is 5.32 Å². The largest absolute Gasteiger partial charge is 0.497 e. The summed E-state index contributed by atoms with van der Waals surface area (Å²) in [6.07, 6.45) is 0.281. The molecule has 3 nitrogen and oxygen atoms in total. The van der Waals surface area contributed by atoms with Crippen molar-refractivity contribution in [1.82, 2.24) is 5.32 Å². The molecule has 0 saturated carbocycles. The lowest BCUT2D eigenvalue weighted by Gasteiger charge is -2.08. The van der Waals surface area contributed by atoms with Gasteiger partial charge in [-0.3, -0.25) is 4.79 Å². The van der Waals surface area contributed by atoms with Crippen LogP contribution in [0.1, 0.15) is 11.1 Å². The molecule has 0 saturated heterocycles. The molecule has 2 aromatic carbocycles. The topological polar surface area (TPSA) is 38.3 Å². The number of ether oxygens (including phenoxy) is 1. The maximum absolute atomic E-state index is 11.9. The van der Waals surface area contributed by atoms with Crippen LogP contribution < -0.4 is 10.1 Å². The number of rotatable bonds is 5. The van der Waals surface area contributed by atoms with Crippen LogP contribution in [0.25, 0.3) is 0 Å². The Bertz CT molecular complexity index is 599. The van der Waals surface area contributed by atoms with Crippen LogP contribution in [0.3, 0.4) is 0 Å². The summed E-state index contributed by atoms with van der Waals surface area (Å²) in [7, 11) is 1.62. The molecule has 0 bridgehead atoms. The second-order valence-corrected chi connectivity index (χ2v) is 4.80. The van der Waals surface area contributed by atoms with E-state index in [0.717, 1.165) is 16.9 Å². The Labute approximate surface area is 123 Å². The summed E-state index contributed by atoms with van der Waals surface area (Å²) in [6.45, 7) is 0.473. The Balaban J connectivity index is 1.90. The van der Waals surface area contributed by atoms with Crippen molar-refractivity contribution in [2.45, 2.75) is 13.0 Å². The van der Waals surface area contributed by atoms with Gasteiger partial charge in [-0.2, -0.15) is 0 Å². The standard InChI is InChI=1S/C16H16ClNO2/c1-20-14-7-4-5-12(9-14)11-18-16(19)10-13-6-2-3-8-15(13)17/h2-9H,10-11H2,1H3,(H,18,19). The summed E-state index contributed by atoms with van der Waals surface area (Å²) < 4.78 is 5.14. The normalized spacial score (nSPS) is 10.1. The zero-order valence-corrected chi connectivity index (χ0v) is 12.0. The van der Waals surface area contributed by atoms with E-state index in [1.165, 1.54) is 0 Å². The maximum atomic E-state index is 11.9. The van der Waals surface area contributed by atoms with E-state index < -0.39 is 0 Å². The minimum absolute atomic E-state index is 0.0547. The number of carbonyl (C=O) groups is 1. The molecule has 2 aromatic rings. The van der Waals surface area contributed by atoms with E-state index >= 15 is 0 Å². The molecule has 20 heavy (non-hydrogen) atoms. The van der Waals surface area contributed by atoms with Gasteiger partial charge in [-0.15, -0.1) is 0 Å². The van der Waals surface area contributed by atoms with Gasteiger partial charge in [0.15, 0.2) is 0 Å². The minimum atomic E-state index is -0.0547. The van der Waals surface area contributed by atoms with Crippen LogP contribution in [-0.4, -0.2) is 13.0 Å². The van der Waals surface area contributed by atoms with Crippen LogP contribution in [0, 0.1) is 0 Å². The zero-order valence-electron chi connectivity index (χ0n) is 11.2. The van der Waals surface area contributed by atoms with Gasteiger partial charge in [0, 0.05) is 11.6 Å². The minimum Gasteiger partial charge on any atom is -0.497 e. The van der Waals surface area contributed by atoms with Gasteiger partial charge < -0.3 is 10.1 Å². The fraction of sp³-hybridized carbons (Fsp3) is 0.188. The number of benzene rings is 2. The molecule has 0 radical (unpaired) electrons. The molecule has 0 unspecified atom stereocenters. The maximum Gasteiger partial charge on any atom is 0.224 e. The Kier molecular flexibility index (Phi) is 5.02. The molecule has 0 fully saturated rings. The fourth-order valence-electron chi connectivity index (χ4n) is 1.86. The van der Waals surface area contributed by atoms with Crippen molar-refractivity contribution in [3.63, 3.8) is 0 Å². The Morgan fingerprint density at radius 3 is 2.75 bits per heavy atom. The zero-order chi connectivity index (χ0) is 14.4. The van der Waals surface area contributed by atoms with Gasteiger partial charge in [0.05, 0.1) is 13.5 Å². The van der Waals surface area contributed by atoms with Gasteiger partial charge >= 0.3 is 0 Å². The smallest absolute Gasteiger partial charge is 0.224 e. The lowest BCUT2D eigenvalue weighted by Crippen LogP contribution is -2.24. The monoisotopic (exact) mass is 289 g/mol. The number of methoxy groups -OCH3 is 1. The predicted molar refractivity (Wildman–Crippen MR) is 80.0 cm³/mol. The van der Waals surface area contributed by atoms with E-state index in [-0.39, 0.29) is 12.3 Å². The Morgan fingerprint density at radius 2 is 2.00 bits per heavy atom. The van der Waals surface area contributed by atoms with Gasteiger partial charge in [0.2, 0.25) is 5.91 Å². The molecule has 104 valence electrons. The lowest BCUT2D eigenvalue weighted by atomic mass is 10.1. The first-order valence-corrected chi connectivity index (χ1v) is 6.70. The van der Waals surface area contributed by atoms with E-state index in [4.69, 9.17) is 16.3 Å². The van der Waals surface area contributed by atoms with Crippen LogP contribution in [0.5, 0.6) is 5.75 Å². The molecular weight excluding hydrogens is 274 g/mol. The van der Waals surface area contributed by atoms with Gasteiger partial charge in [-0.25, -0.2) is 0 Å². The van der Waals surface area contributed by atoms with Crippen molar-refractivity contribution in [3.05, 3.63) is 64.7 Å². The number of hydrogen-bond donors (Lipinski definition) is 1. The van der Waals surface area contributed by atoms with Crippen LogP contribution in [0.2, 0.25) is 5.02 Å². The molecule has 0 aliphatic rings. The second kappa shape index (κ2) is 6.96. The molecule has 1 amide bonds. The highest BCUT2D eigenvalue weighted by Crippen LogP contribution is 2.15. The summed E-state index contributed by atoms with van der Waals surface area (Å²) in [6, 6.07) is 15.0. The molecule has 4 heteroatoms. The number of carbonyl (C=O) groups excluding carboxylic acids is 1. The first kappa shape index (κ1) is 14.4. The van der Waals surface area contributed by atoms with Crippen molar-refractivity contribution in [1.29, 1.82) is 0 Å². The average molecular weight is 290 g/mol. The van der Waals surface area contributed by atoms with Gasteiger partial charge in [-0.1, -0.05) is 41.9 Å². The molecule has 0 atom stereocenters. The summed E-state index contributed by atoms with van der Waals surface area (Å²) in [5, 5.41) is 3.49. The molecule has 0 heterocycles. The van der Waals surface area contributed by atoms with Crippen molar-refractivity contribution in [2.75, 3.05) is 7.11 Å². The van der Waals surface area contributed by atoms with Crippen LogP contribution in [-0.2, 0) is 17.8 Å². The number of hydrogen-bond acceptors (Lipinski definition) is 2. The van der Waals surface area contributed by atoms with E-state index in [1.54, 1.807) is 13.2 Å². The SMILES string of the molecule is COc1cccc(CNC(=O)Cc2ccccc2Cl)c1. The van der Waals surface area contributed by atoms with E-state index in [0.29, 0.717) is 11.6 Å². The number of amides is 1. The summed E-state index contributed by atoms with van der Waals surface area (Å²) in [5.41, 5.74) is 1.83. The summed E-state index contributed by atoms with van der Waals surface area (Å²) in [5.74, 6) is 0.726. The van der Waals surface area contributed by atoms with Gasteiger partial charge in [-0.05, 0) is 29.3 Å². The Hall–Kier alpha value is -2.00. The van der Waals surface area contributed by atoms with E-state index in [1.807, 2.05) is 42.5 Å². The average Bonchev–Trinajstić information content (AvgIpc) is 2.48. The highest BCUT2D eigenvalue weighted by atomic mass is 35.5. The molecule has 2 rings (SSSR count). The predicted octanol–water partition coefficient (Wildman–Crippen LogP) is 3.21. The third-order valence-electron chi connectivity index (χ3n) is 2.93. The van der Waals surface area contributed by atoms with Gasteiger partial charge in [0.1, 0.15) is 5.75 Å². The van der Waals surface area contributed by atoms with Gasteiger partial charge in [0.25, 0.3) is 0 Å². The molecule has 0 aliphatic heterocycles. The Morgan fingerprint density at radius 1 is 1.20 bits per heavy atom. The van der Waals surface area contributed by atoms with Crippen molar-refractivity contribution >= 4 is 17.5 Å². The second-order valence-electron chi connectivity index (χ2n) is 4.40. The third kappa shape index (κ3) is 4.00. The number of halogens is 1. The lowest BCUT2D eigenvalue weighted by molar-refractivity contribution is -0.120. The summed E-state index contributed by atoms with van der Waals surface area (Å²) in [4.78, 5) is 11.9. The van der Waals surface area contributed by atoms with Crippen molar-refractivity contribution < 1.29 is 9.53 Å². The van der Waals surface area contributed by atoms with Crippen LogP contribution >= 0.6 is 11.6 Å². The first-order valence-electron chi connectivity index (χ1n) is 6.32. The first-order chi connectivity index (χ1) is 9.69. The van der Waals surface area contributed by atoms with E-state index in [9.17, 15) is 4.79 Å². The molecule has 1 N–H and O–H groups in total. The van der Waals surface area contributed by atoms with Crippen molar-refractivity contribution in [2.24, 2.45) is 0 Å². The van der Waals surface area contributed by atoms with Crippen molar-refractivity contribution in [3.8, 4) is 5.75 Å². The highest BCUT2D eigenvalue weighted by Gasteiger charge is 2.06. The quantitative estimate of drug-likeness (QED) is 0.918. The third-order valence-corrected chi connectivity index (χ3v) is 3.30.